The maximum absolute atomic E-state index is 5.60. The molecule has 0 radical (unpaired) electrons. The first kappa shape index (κ1) is 11.9. The van der Waals surface area contributed by atoms with Crippen LogP contribution in [0.1, 0.15) is 24.6 Å². The summed E-state index contributed by atoms with van der Waals surface area (Å²) in [4.78, 5) is 0. The highest BCUT2D eigenvalue weighted by Gasteiger charge is 1.98. The fourth-order valence-corrected chi connectivity index (χ4v) is 1.70. The number of benzene rings is 1. The molecule has 3 heteroatoms. The number of aromatic nitrogens is 2. The molecule has 0 unspecified atom stereocenters. The minimum Gasteiger partial charge on any atom is -0.355 e. The second-order valence-electron chi connectivity index (χ2n) is 4.06. The number of hydrogen-bond donors (Lipinski definition) is 0. The third kappa shape index (κ3) is 3.71. The summed E-state index contributed by atoms with van der Waals surface area (Å²) in [5, 5.41) is 4.42. The van der Waals surface area contributed by atoms with Crippen LogP contribution >= 0.6 is 0 Å². The van der Waals surface area contributed by atoms with E-state index < -0.39 is 0 Å². The fraction of sp³-hybridized carbons (Fsp3) is 0.357. The van der Waals surface area contributed by atoms with Crippen LogP contribution in [0.4, 0.5) is 0 Å². The second-order valence-corrected chi connectivity index (χ2v) is 4.06. The van der Waals surface area contributed by atoms with E-state index in [2.05, 4.69) is 30.2 Å². The van der Waals surface area contributed by atoms with Crippen molar-refractivity contribution < 1.29 is 4.74 Å². The summed E-state index contributed by atoms with van der Waals surface area (Å²) in [5.41, 5.74) is 2.32. The molecule has 0 bridgehead atoms. The maximum atomic E-state index is 5.60. The van der Waals surface area contributed by atoms with Crippen LogP contribution in [-0.4, -0.2) is 9.78 Å². The smallest absolute Gasteiger partial charge is 0.139 e. The van der Waals surface area contributed by atoms with E-state index in [0.29, 0.717) is 13.3 Å². The van der Waals surface area contributed by atoms with E-state index in [1.54, 1.807) is 0 Å². The van der Waals surface area contributed by atoms with Crippen molar-refractivity contribution in [2.75, 3.05) is 0 Å². The van der Waals surface area contributed by atoms with Gasteiger partial charge in [0.1, 0.15) is 6.73 Å². The van der Waals surface area contributed by atoms with Gasteiger partial charge >= 0.3 is 0 Å². The highest BCUT2D eigenvalue weighted by Crippen LogP contribution is 2.03. The lowest BCUT2D eigenvalue weighted by Gasteiger charge is -2.04. The molecule has 0 atom stereocenters. The van der Waals surface area contributed by atoms with Crippen LogP contribution in [0.3, 0.4) is 0 Å². The van der Waals surface area contributed by atoms with Crippen LogP contribution in [0.2, 0.25) is 0 Å². The molecule has 0 spiro atoms. The van der Waals surface area contributed by atoms with Crippen molar-refractivity contribution in [1.82, 2.24) is 9.78 Å². The average Bonchev–Trinajstić information content (AvgIpc) is 2.79. The molecule has 3 nitrogen and oxygen atoms in total. The van der Waals surface area contributed by atoms with Gasteiger partial charge in [0.15, 0.2) is 0 Å². The maximum Gasteiger partial charge on any atom is 0.139 e. The van der Waals surface area contributed by atoms with Crippen molar-refractivity contribution >= 4 is 0 Å². The van der Waals surface area contributed by atoms with E-state index in [-0.39, 0.29) is 0 Å². The van der Waals surface area contributed by atoms with E-state index in [1.165, 1.54) is 5.56 Å². The van der Waals surface area contributed by atoms with E-state index in [1.807, 2.05) is 29.1 Å². The fourth-order valence-electron chi connectivity index (χ4n) is 1.70. The molecular weight excluding hydrogens is 212 g/mol. The third-order valence-electron chi connectivity index (χ3n) is 2.54. The van der Waals surface area contributed by atoms with Crippen LogP contribution in [0.15, 0.2) is 42.6 Å². The molecule has 90 valence electrons. The van der Waals surface area contributed by atoms with Gasteiger partial charge in [0, 0.05) is 6.20 Å². The molecule has 0 saturated carbocycles. The zero-order chi connectivity index (χ0) is 11.9. The normalized spacial score (nSPS) is 10.6. The summed E-state index contributed by atoms with van der Waals surface area (Å²) in [6.07, 6.45) is 4.13. The summed E-state index contributed by atoms with van der Waals surface area (Å²) in [7, 11) is 0. The SMILES string of the molecule is CCCc1ccn(COCc2ccccc2)n1. The van der Waals surface area contributed by atoms with Crippen LogP contribution in [0.5, 0.6) is 0 Å². The summed E-state index contributed by atoms with van der Waals surface area (Å²) in [5.74, 6) is 0. The Balaban J connectivity index is 1.78. The van der Waals surface area contributed by atoms with Gasteiger partial charge in [0.25, 0.3) is 0 Å². The largest absolute Gasteiger partial charge is 0.355 e. The Hall–Kier alpha value is -1.61. The predicted molar refractivity (Wildman–Crippen MR) is 67.5 cm³/mol. The quantitative estimate of drug-likeness (QED) is 0.762. The van der Waals surface area contributed by atoms with Gasteiger partial charge in [0.2, 0.25) is 0 Å². The van der Waals surface area contributed by atoms with Crippen molar-refractivity contribution in [2.24, 2.45) is 0 Å². The van der Waals surface area contributed by atoms with Gasteiger partial charge < -0.3 is 4.74 Å². The summed E-state index contributed by atoms with van der Waals surface area (Å²) < 4.78 is 7.44. The van der Waals surface area contributed by atoms with E-state index in [4.69, 9.17) is 4.74 Å². The average molecular weight is 230 g/mol. The molecule has 0 aliphatic carbocycles. The molecule has 17 heavy (non-hydrogen) atoms. The molecule has 0 aliphatic rings. The number of rotatable bonds is 6. The van der Waals surface area contributed by atoms with E-state index >= 15 is 0 Å². The van der Waals surface area contributed by atoms with Gasteiger partial charge in [0.05, 0.1) is 12.3 Å². The van der Waals surface area contributed by atoms with Crippen molar-refractivity contribution in [2.45, 2.75) is 33.1 Å². The number of hydrogen-bond acceptors (Lipinski definition) is 2. The molecule has 0 amide bonds. The first-order chi connectivity index (χ1) is 8.38. The van der Waals surface area contributed by atoms with Crippen molar-refractivity contribution in [3.63, 3.8) is 0 Å². The van der Waals surface area contributed by atoms with Crippen LogP contribution in [0, 0.1) is 0 Å². The first-order valence-corrected chi connectivity index (χ1v) is 6.02. The molecule has 2 rings (SSSR count). The van der Waals surface area contributed by atoms with Gasteiger partial charge in [-0.2, -0.15) is 5.10 Å². The Morgan fingerprint density at radius 3 is 2.76 bits per heavy atom. The molecule has 0 saturated heterocycles. The van der Waals surface area contributed by atoms with Crippen LogP contribution < -0.4 is 0 Å². The Labute approximate surface area is 102 Å². The van der Waals surface area contributed by atoms with E-state index in [9.17, 15) is 0 Å². The van der Waals surface area contributed by atoms with Crippen LogP contribution in [-0.2, 0) is 24.5 Å². The second kappa shape index (κ2) is 6.21. The topological polar surface area (TPSA) is 27.1 Å². The minimum atomic E-state index is 0.513. The predicted octanol–water partition coefficient (Wildman–Crippen LogP) is 3.01. The summed E-state index contributed by atoms with van der Waals surface area (Å²) in [6, 6.07) is 12.2. The number of nitrogens with zero attached hydrogens (tertiary/aromatic N) is 2. The summed E-state index contributed by atoms with van der Waals surface area (Å²) in [6.45, 7) is 3.30. The minimum absolute atomic E-state index is 0.513. The monoisotopic (exact) mass is 230 g/mol. The molecule has 0 N–H and O–H groups in total. The number of ether oxygens (including phenoxy) is 1. The van der Waals surface area contributed by atoms with E-state index in [0.717, 1.165) is 18.5 Å². The van der Waals surface area contributed by atoms with Crippen molar-refractivity contribution in [1.29, 1.82) is 0 Å². The lowest BCUT2D eigenvalue weighted by Crippen LogP contribution is -2.03. The number of aryl methyl sites for hydroxylation is 1. The van der Waals surface area contributed by atoms with Gasteiger partial charge in [-0.15, -0.1) is 0 Å². The zero-order valence-electron chi connectivity index (χ0n) is 10.2. The Kier molecular flexibility index (Phi) is 4.33. The van der Waals surface area contributed by atoms with Crippen LogP contribution in [0.25, 0.3) is 0 Å². The molecule has 1 aromatic carbocycles. The first-order valence-electron chi connectivity index (χ1n) is 6.02. The lowest BCUT2D eigenvalue weighted by molar-refractivity contribution is 0.0559. The molecule has 1 heterocycles. The molecule has 0 fully saturated rings. The Bertz CT molecular complexity index is 436. The highest BCUT2D eigenvalue weighted by molar-refractivity contribution is 5.13. The zero-order valence-corrected chi connectivity index (χ0v) is 10.2. The summed E-state index contributed by atoms with van der Waals surface area (Å²) >= 11 is 0. The molecule has 2 aromatic rings. The molecule has 1 aromatic heterocycles. The van der Waals surface area contributed by atoms with Gasteiger partial charge in [-0.05, 0) is 18.1 Å². The van der Waals surface area contributed by atoms with Gasteiger partial charge in [-0.25, -0.2) is 4.68 Å². The Morgan fingerprint density at radius 1 is 1.18 bits per heavy atom. The highest BCUT2D eigenvalue weighted by atomic mass is 16.5. The molecule has 0 aliphatic heterocycles. The standard InChI is InChI=1S/C14H18N2O/c1-2-6-14-9-10-16(15-14)12-17-11-13-7-4-3-5-8-13/h3-5,7-10H,2,6,11-12H2,1H3. The lowest BCUT2D eigenvalue weighted by atomic mass is 10.2. The van der Waals surface area contributed by atoms with Gasteiger partial charge in [-0.3, -0.25) is 0 Å². The van der Waals surface area contributed by atoms with Gasteiger partial charge in [-0.1, -0.05) is 43.7 Å². The Morgan fingerprint density at radius 2 is 2.00 bits per heavy atom. The van der Waals surface area contributed by atoms with Crippen molar-refractivity contribution in [3.8, 4) is 0 Å². The molecular formula is C14H18N2O. The van der Waals surface area contributed by atoms with Crippen molar-refractivity contribution in [3.05, 3.63) is 53.9 Å². The third-order valence-corrected chi connectivity index (χ3v) is 2.54.